The fourth-order valence-corrected chi connectivity index (χ4v) is 2.37. The third-order valence-electron chi connectivity index (χ3n) is 3.49. The van der Waals surface area contributed by atoms with E-state index in [1.165, 1.54) is 16.3 Å². The Hall–Kier alpha value is -1.60. The molecule has 2 N–H and O–H groups in total. The maximum Gasteiger partial charge on any atom is 0.00877 e. The summed E-state index contributed by atoms with van der Waals surface area (Å²) >= 11 is 0. The molecule has 0 aliphatic rings. The Morgan fingerprint density at radius 2 is 1.88 bits per heavy atom. The zero-order valence-corrected chi connectivity index (χ0v) is 10.3. The molecule has 0 radical (unpaired) electrons. The number of nitrogens with two attached hydrogens (primary N) is 1. The number of hydrogen-bond acceptors (Lipinski definition) is 1. The first-order chi connectivity index (χ1) is 8.21. The molecule has 0 aliphatic carbocycles. The Balaban J connectivity index is 2.65. The van der Waals surface area contributed by atoms with Crippen molar-refractivity contribution in [3.63, 3.8) is 0 Å². The van der Waals surface area contributed by atoms with Gasteiger partial charge in [-0.1, -0.05) is 55.5 Å². The molecule has 0 heterocycles. The monoisotopic (exact) mass is 225 g/mol. The molecular weight excluding hydrogens is 206 g/mol. The van der Waals surface area contributed by atoms with Crippen molar-refractivity contribution in [1.29, 1.82) is 0 Å². The van der Waals surface area contributed by atoms with Crippen LogP contribution < -0.4 is 5.73 Å². The lowest BCUT2D eigenvalue weighted by atomic mass is 9.77. The van der Waals surface area contributed by atoms with E-state index in [4.69, 9.17) is 5.73 Å². The van der Waals surface area contributed by atoms with Crippen LogP contribution in [0.5, 0.6) is 0 Å². The molecular formula is C16H19N. The van der Waals surface area contributed by atoms with Gasteiger partial charge in [0.15, 0.2) is 0 Å². The van der Waals surface area contributed by atoms with Gasteiger partial charge in [-0.05, 0) is 22.8 Å². The molecule has 88 valence electrons. The molecule has 0 amide bonds. The van der Waals surface area contributed by atoms with Crippen LogP contribution in [-0.2, 0) is 5.41 Å². The summed E-state index contributed by atoms with van der Waals surface area (Å²) in [5, 5.41) is 2.57. The highest BCUT2D eigenvalue weighted by atomic mass is 14.6. The molecule has 0 spiro atoms. The van der Waals surface area contributed by atoms with E-state index >= 15 is 0 Å². The smallest absolute Gasteiger partial charge is 0.00877 e. The molecule has 1 unspecified atom stereocenters. The van der Waals surface area contributed by atoms with Crippen molar-refractivity contribution in [2.75, 3.05) is 6.54 Å². The molecule has 2 rings (SSSR count). The number of fused-ring (bicyclic) bond motifs is 1. The standard InChI is InChI=1S/C16H19N/c1-3-11-16(2,12-17)15-10-6-8-13-7-4-5-9-14(13)15/h3-10H,1,11-12,17H2,2H3. The molecule has 0 bridgehead atoms. The number of benzene rings is 2. The molecule has 1 heteroatoms. The average Bonchev–Trinajstić information content (AvgIpc) is 2.38. The van der Waals surface area contributed by atoms with Crippen LogP contribution >= 0.6 is 0 Å². The van der Waals surface area contributed by atoms with Gasteiger partial charge >= 0.3 is 0 Å². The van der Waals surface area contributed by atoms with Gasteiger partial charge in [-0.25, -0.2) is 0 Å². The average molecular weight is 225 g/mol. The third kappa shape index (κ3) is 2.11. The first-order valence-electron chi connectivity index (χ1n) is 6.00. The van der Waals surface area contributed by atoms with Gasteiger partial charge in [0, 0.05) is 12.0 Å². The van der Waals surface area contributed by atoms with E-state index in [0.717, 1.165) is 6.42 Å². The Bertz CT molecular complexity index is 525. The fraction of sp³-hybridized carbons (Fsp3) is 0.250. The second-order valence-corrected chi connectivity index (χ2v) is 4.78. The van der Waals surface area contributed by atoms with Crippen LogP contribution in [0.4, 0.5) is 0 Å². The Labute approximate surface area is 103 Å². The molecule has 0 aromatic heterocycles. The van der Waals surface area contributed by atoms with Gasteiger partial charge in [-0.2, -0.15) is 0 Å². The van der Waals surface area contributed by atoms with Crippen LogP contribution in [0.15, 0.2) is 55.1 Å². The van der Waals surface area contributed by atoms with Crippen LogP contribution in [0.2, 0.25) is 0 Å². The van der Waals surface area contributed by atoms with Crippen LogP contribution in [0.1, 0.15) is 18.9 Å². The molecule has 2 aromatic carbocycles. The van der Waals surface area contributed by atoms with E-state index in [9.17, 15) is 0 Å². The van der Waals surface area contributed by atoms with Crippen molar-refractivity contribution in [3.05, 3.63) is 60.7 Å². The lowest BCUT2D eigenvalue weighted by molar-refractivity contribution is 0.495. The lowest BCUT2D eigenvalue weighted by Gasteiger charge is -2.28. The molecule has 0 saturated carbocycles. The second-order valence-electron chi connectivity index (χ2n) is 4.78. The molecule has 0 saturated heterocycles. The highest BCUT2D eigenvalue weighted by molar-refractivity contribution is 5.86. The van der Waals surface area contributed by atoms with Gasteiger partial charge < -0.3 is 5.73 Å². The van der Waals surface area contributed by atoms with Gasteiger partial charge in [-0.3, -0.25) is 0 Å². The second kappa shape index (κ2) is 4.72. The summed E-state index contributed by atoms with van der Waals surface area (Å²) in [6, 6.07) is 14.9. The minimum Gasteiger partial charge on any atom is -0.330 e. The lowest BCUT2D eigenvalue weighted by Crippen LogP contribution is -2.31. The van der Waals surface area contributed by atoms with E-state index in [1.54, 1.807) is 0 Å². The predicted octanol–water partition coefficient (Wildman–Crippen LogP) is 3.63. The zero-order valence-electron chi connectivity index (χ0n) is 10.3. The highest BCUT2D eigenvalue weighted by Gasteiger charge is 2.25. The van der Waals surface area contributed by atoms with Crippen molar-refractivity contribution < 1.29 is 0 Å². The quantitative estimate of drug-likeness (QED) is 0.790. The topological polar surface area (TPSA) is 26.0 Å². The number of rotatable bonds is 4. The molecule has 0 aliphatic heterocycles. The summed E-state index contributed by atoms with van der Waals surface area (Å²) in [5.74, 6) is 0. The summed E-state index contributed by atoms with van der Waals surface area (Å²) in [6.07, 6.45) is 2.85. The van der Waals surface area contributed by atoms with Crippen molar-refractivity contribution in [3.8, 4) is 0 Å². The van der Waals surface area contributed by atoms with Crippen molar-refractivity contribution in [1.82, 2.24) is 0 Å². The molecule has 1 atom stereocenters. The molecule has 17 heavy (non-hydrogen) atoms. The predicted molar refractivity (Wildman–Crippen MR) is 75.2 cm³/mol. The first kappa shape index (κ1) is 11.9. The van der Waals surface area contributed by atoms with Crippen LogP contribution in [-0.4, -0.2) is 6.54 Å². The third-order valence-corrected chi connectivity index (χ3v) is 3.49. The Morgan fingerprint density at radius 3 is 2.59 bits per heavy atom. The maximum absolute atomic E-state index is 5.97. The fourth-order valence-electron chi connectivity index (χ4n) is 2.37. The maximum atomic E-state index is 5.97. The Morgan fingerprint density at radius 1 is 1.18 bits per heavy atom. The largest absolute Gasteiger partial charge is 0.330 e. The number of allylic oxidation sites excluding steroid dienone is 1. The van der Waals surface area contributed by atoms with Crippen molar-refractivity contribution in [2.45, 2.75) is 18.8 Å². The summed E-state index contributed by atoms with van der Waals surface area (Å²) in [7, 11) is 0. The van der Waals surface area contributed by atoms with Crippen molar-refractivity contribution in [2.24, 2.45) is 5.73 Å². The molecule has 0 fully saturated rings. The van der Waals surface area contributed by atoms with Crippen LogP contribution in [0, 0.1) is 0 Å². The van der Waals surface area contributed by atoms with Gasteiger partial charge in [0.25, 0.3) is 0 Å². The SMILES string of the molecule is C=CCC(C)(CN)c1cccc2ccccc12. The van der Waals surface area contributed by atoms with Gasteiger partial charge in [0.05, 0.1) is 0 Å². The summed E-state index contributed by atoms with van der Waals surface area (Å²) < 4.78 is 0. The van der Waals surface area contributed by atoms with Crippen molar-refractivity contribution >= 4 is 10.8 Å². The summed E-state index contributed by atoms with van der Waals surface area (Å²) in [5.41, 5.74) is 7.26. The van der Waals surface area contributed by atoms with Crippen LogP contribution in [0.25, 0.3) is 10.8 Å². The zero-order chi connectivity index (χ0) is 12.3. The first-order valence-corrected chi connectivity index (χ1v) is 6.00. The molecule has 1 nitrogen and oxygen atoms in total. The minimum absolute atomic E-state index is 0.0252. The summed E-state index contributed by atoms with van der Waals surface area (Å²) in [4.78, 5) is 0. The van der Waals surface area contributed by atoms with Gasteiger partial charge in [-0.15, -0.1) is 6.58 Å². The van der Waals surface area contributed by atoms with E-state index in [1.807, 2.05) is 6.08 Å². The molecule has 2 aromatic rings. The normalized spacial score (nSPS) is 14.5. The van der Waals surface area contributed by atoms with E-state index in [0.29, 0.717) is 6.54 Å². The Kier molecular flexibility index (Phi) is 3.30. The van der Waals surface area contributed by atoms with Gasteiger partial charge in [0.1, 0.15) is 0 Å². The van der Waals surface area contributed by atoms with E-state index in [2.05, 4.69) is 56.0 Å². The number of hydrogen-bond donors (Lipinski definition) is 1. The minimum atomic E-state index is -0.0252. The summed E-state index contributed by atoms with van der Waals surface area (Å²) in [6.45, 7) is 6.68. The van der Waals surface area contributed by atoms with E-state index < -0.39 is 0 Å². The highest BCUT2D eigenvalue weighted by Crippen LogP contribution is 2.32. The van der Waals surface area contributed by atoms with Crippen LogP contribution in [0.3, 0.4) is 0 Å². The van der Waals surface area contributed by atoms with E-state index in [-0.39, 0.29) is 5.41 Å². The van der Waals surface area contributed by atoms with Gasteiger partial charge in [0.2, 0.25) is 0 Å².